The number of benzene rings is 2. The molecule has 1 saturated heterocycles. The number of hydrogen-bond acceptors (Lipinski definition) is 6. The molecule has 1 fully saturated rings. The third-order valence-electron chi connectivity index (χ3n) is 6.99. The van der Waals surface area contributed by atoms with Crippen molar-refractivity contribution in [2.75, 3.05) is 36.8 Å². The van der Waals surface area contributed by atoms with Crippen LogP contribution in [0.1, 0.15) is 31.9 Å². The zero-order valence-corrected chi connectivity index (χ0v) is 25.9. The van der Waals surface area contributed by atoms with Gasteiger partial charge in [-0.05, 0) is 56.7 Å². The van der Waals surface area contributed by atoms with Gasteiger partial charge < -0.3 is 30.0 Å². The number of rotatable bonds is 6. The van der Waals surface area contributed by atoms with E-state index in [0.717, 1.165) is 12.1 Å². The minimum absolute atomic E-state index is 0.00951. The molecule has 3 N–H and O–H groups in total. The van der Waals surface area contributed by atoms with Gasteiger partial charge in [0, 0.05) is 56.9 Å². The summed E-state index contributed by atoms with van der Waals surface area (Å²) in [6.45, 7) is 6.62. The Labute approximate surface area is 266 Å². The maximum absolute atomic E-state index is 14.9. The maximum atomic E-state index is 14.9. The topological polar surface area (TPSA) is 112 Å². The van der Waals surface area contributed by atoms with Gasteiger partial charge in [0.25, 0.3) is 0 Å². The molecule has 0 spiro atoms. The van der Waals surface area contributed by atoms with Crippen LogP contribution in [0.5, 0.6) is 11.5 Å². The number of hydrogen-bond donors (Lipinski definition) is 3. The molecule has 0 unspecified atom stereocenters. The lowest BCUT2D eigenvalue weighted by Crippen LogP contribution is -2.49. The van der Waals surface area contributed by atoms with Crippen molar-refractivity contribution in [2.24, 2.45) is 0 Å². The normalized spacial score (nSPS) is 14.3. The van der Waals surface area contributed by atoms with Gasteiger partial charge in [0.15, 0.2) is 0 Å². The predicted octanol–water partition coefficient (Wildman–Crippen LogP) is 7.86. The van der Waals surface area contributed by atoms with Crippen LogP contribution >= 0.6 is 11.6 Å². The fraction of sp³-hybridized carbons (Fsp3) is 0.323. The molecule has 4 aromatic rings. The summed E-state index contributed by atoms with van der Waals surface area (Å²) in [5, 5.41) is 5.51. The number of nitrogens with zero attached hydrogens (tertiary/aromatic N) is 3. The molecule has 3 heterocycles. The second-order valence-corrected chi connectivity index (χ2v) is 12.0. The quantitative estimate of drug-likeness (QED) is 0.181. The van der Waals surface area contributed by atoms with E-state index in [2.05, 4.69) is 20.6 Å². The highest BCUT2D eigenvalue weighted by atomic mass is 35.5. The molecule has 0 saturated carbocycles. The van der Waals surface area contributed by atoms with Crippen molar-refractivity contribution < 1.29 is 36.6 Å². The molecule has 0 atom stereocenters. The van der Waals surface area contributed by atoms with Crippen molar-refractivity contribution in [3.8, 4) is 11.5 Å². The summed E-state index contributed by atoms with van der Waals surface area (Å²) in [5.74, 6) is -0.387. The first-order chi connectivity index (χ1) is 21.7. The van der Waals surface area contributed by atoms with Crippen LogP contribution in [0, 0.1) is 5.82 Å². The molecule has 0 radical (unpaired) electrons. The Balaban J connectivity index is 1.21. The number of anilines is 2. The second-order valence-electron chi connectivity index (χ2n) is 11.6. The van der Waals surface area contributed by atoms with Crippen LogP contribution in [0.3, 0.4) is 0 Å². The molecule has 244 valence electrons. The number of aromatic amines is 1. The molecule has 0 bridgehead atoms. The van der Waals surface area contributed by atoms with E-state index in [1.807, 2.05) is 4.90 Å². The molecule has 2 aromatic carbocycles. The average Bonchev–Trinajstić information content (AvgIpc) is 3.35. The molecular weight excluding hydrogens is 632 g/mol. The summed E-state index contributed by atoms with van der Waals surface area (Å²) >= 11 is 6.18. The van der Waals surface area contributed by atoms with Crippen molar-refractivity contribution in [1.29, 1.82) is 0 Å². The lowest BCUT2D eigenvalue weighted by Gasteiger charge is -2.36. The fourth-order valence-electron chi connectivity index (χ4n) is 4.86. The van der Waals surface area contributed by atoms with Crippen LogP contribution in [0.2, 0.25) is 5.02 Å². The zero-order valence-electron chi connectivity index (χ0n) is 25.1. The van der Waals surface area contributed by atoms with Crippen LogP contribution in [0.4, 0.5) is 38.5 Å². The van der Waals surface area contributed by atoms with Crippen LogP contribution in [-0.4, -0.2) is 63.7 Å². The molecular formula is C31H31ClF4N6O4. The Kier molecular flexibility index (Phi) is 9.31. The minimum Gasteiger partial charge on any atom is -0.456 e. The van der Waals surface area contributed by atoms with Crippen molar-refractivity contribution in [2.45, 2.75) is 39.1 Å². The maximum Gasteiger partial charge on any atom is 0.416 e. The van der Waals surface area contributed by atoms with Crippen molar-refractivity contribution >= 4 is 46.1 Å². The summed E-state index contributed by atoms with van der Waals surface area (Å²) in [6, 6.07) is 7.80. The van der Waals surface area contributed by atoms with Crippen molar-refractivity contribution in [1.82, 2.24) is 19.8 Å². The number of nitrogens with one attached hydrogen (secondary N) is 3. The molecule has 10 nitrogen and oxygen atoms in total. The molecule has 2 aromatic heterocycles. The monoisotopic (exact) mass is 662 g/mol. The number of H-pyrrole nitrogens is 1. The Morgan fingerprint density at radius 2 is 1.76 bits per heavy atom. The van der Waals surface area contributed by atoms with E-state index in [4.69, 9.17) is 21.1 Å². The number of piperazine rings is 1. The summed E-state index contributed by atoms with van der Waals surface area (Å²) < 4.78 is 68.1. The first-order valence-electron chi connectivity index (χ1n) is 14.2. The number of carbonyl (C=O) groups excluding carboxylic acids is 2. The number of aromatic nitrogens is 2. The molecule has 46 heavy (non-hydrogen) atoms. The number of urea groups is 1. The molecule has 15 heteroatoms. The summed E-state index contributed by atoms with van der Waals surface area (Å²) in [5.41, 5.74) is -1.42. The lowest BCUT2D eigenvalue weighted by molar-refractivity contribution is -0.138. The van der Waals surface area contributed by atoms with Gasteiger partial charge in [-0.1, -0.05) is 17.7 Å². The number of amides is 3. The van der Waals surface area contributed by atoms with Gasteiger partial charge in [-0.2, -0.15) is 13.2 Å². The highest BCUT2D eigenvalue weighted by Crippen LogP contribution is 2.36. The molecule has 3 amide bonds. The largest absolute Gasteiger partial charge is 0.456 e. The Morgan fingerprint density at radius 1 is 1.02 bits per heavy atom. The van der Waals surface area contributed by atoms with Gasteiger partial charge >= 0.3 is 18.3 Å². The number of ether oxygens (including phenoxy) is 2. The predicted molar refractivity (Wildman–Crippen MR) is 165 cm³/mol. The first-order valence-corrected chi connectivity index (χ1v) is 14.6. The average molecular weight is 663 g/mol. The number of pyridine rings is 1. The van der Waals surface area contributed by atoms with Crippen LogP contribution in [0.25, 0.3) is 11.0 Å². The van der Waals surface area contributed by atoms with Gasteiger partial charge in [-0.3, -0.25) is 4.90 Å². The zero-order chi connectivity index (χ0) is 33.2. The second kappa shape index (κ2) is 13.0. The number of halogens is 5. The number of carbonyl (C=O) groups is 2. The van der Waals surface area contributed by atoms with E-state index in [1.165, 1.54) is 35.4 Å². The van der Waals surface area contributed by atoms with E-state index < -0.39 is 35.3 Å². The molecule has 1 aliphatic heterocycles. The van der Waals surface area contributed by atoms with Gasteiger partial charge in [0.2, 0.25) is 0 Å². The van der Waals surface area contributed by atoms with Gasteiger partial charge in [-0.25, -0.2) is 19.0 Å². The van der Waals surface area contributed by atoms with Gasteiger partial charge in [-0.15, -0.1) is 0 Å². The Hall–Kier alpha value is -4.56. The molecule has 5 rings (SSSR count). The minimum atomic E-state index is -4.70. The molecule has 1 aliphatic rings. The Bertz CT molecular complexity index is 1750. The van der Waals surface area contributed by atoms with Crippen molar-refractivity contribution in [3.63, 3.8) is 0 Å². The Morgan fingerprint density at radius 3 is 2.43 bits per heavy atom. The van der Waals surface area contributed by atoms with E-state index in [-0.39, 0.29) is 29.2 Å². The SMILES string of the molecule is CC(C)(C)OC(=O)N1CCN(Cc2ccc(NC(=O)Nc3ccc(Oc4ccnc5[nH]cc(Cl)c45)cc3F)cc2C(F)(F)F)CC1. The van der Waals surface area contributed by atoms with Gasteiger partial charge in [0.1, 0.15) is 28.6 Å². The molecule has 0 aliphatic carbocycles. The fourth-order valence-corrected chi connectivity index (χ4v) is 5.09. The van der Waals surface area contributed by atoms with Gasteiger partial charge in [0.05, 0.1) is 21.7 Å². The van der Waals surface area contributed by atoms with E-state index in [0.29, 0.717) is 48.0 Å². The third kappa shape index (κ3) is 7.98. The lowest BCUT2D eigenvalue weighted by atomic mass is 10.0. The smallest absolute Gasteiger partial charge is 0.416 e. The van der Waals surface area contributed by atoms with Crippen LogP contribution < -0.4 is 15.4 Å². The summed E-state index contributed by atoms with van der Waals surface area (Å²) in [7, 11) is 0. The number of fused-ring (bicyclic) bond motifs is 1. The van der Waals surface area contributed by atoms with Crippen LogP contribution in [0.15, 0.2) is 54.9 Å². The highest BCUT2D eigenvalue weighted by Gasteiger charge is 2.35. The van der Waals surface area contributed by atoms with Crippen molar-refractivity contribution in [3.05, 3.63) is 76.8 Å². The van der Waals surface area contributed by atoms with Crippen LogP contribution in [-0.2, 0) is 17.5 Å². The van der Waals surface area contributed by atoms with E-state index in [1.54, 1.807) is 33.0 Å². The van der Waals surface area contributed by atoms with E-state index in [9.17, 15) is 27.2 Å². The summed E-state index contributed by atoms with van der Waals surface area (Å²) in [6.07, 6.45) is -2.13. The summed E-state index contributed by atoms with van der Waals surface area (Å²) in [4.78, 5) is 35.3. The standard InChI is InChI=1S/C31H31ClF4N6O4/c1-30(2,3)46-29(44)42-12-10-41(11-13-42)17-18-4-5-19(14-21(18)31(34,35)36)39-28(43)40-24-7-6-20(15-23(24)33)45-25-8-9-37-27-26(25)22(32)16-38-27/h4-9,14-16H,10-13,17H2,1-3H3,(H,37,38)(H2,39,40,43). The number of alkyl halides is 3. The first kappa shape index (κ1) is 32.8. The third-order valence-corrected chi connectivity index (χ3v) is 7.29. The highest BCUT2D eigenvalue weighted by molar-refractivity contribution is 6.36. The van der Waals surface area contributed by atoms with E-state index >= 15 is 0 Å².